The second-order valence-electron chi connectivity index (χ2n) is 9.55. The van der Waals surface area contributed by atoms with Gasteiger partial charge < -0.3 is 14.0 Å². The number of carbonyl (C=O) groups is 1. The van der Waals surface area contributed by atoms with Gasteiger partial charge in [0.25, 0.3) is 0 Å². The van der Waals surface area contributed by atoms with Crippen molar-refractivity contribution in [3.63, 3.8) is 0 Å². The number of unbranched alkanes of at least 4 members (excludes halogenated alkanes) is 5. The topological polar surface area (TPSA) is 35.5 Å². The van der Waals surface area contributed by atoms with Crippen molar-refractivity contribution in [2.75, 3.05) is 27.4 Å². The fourth-order valence-corrected chi connectivity index (χ4v) is 4.16. The van der Waals surface area contributed by atoms with Crippen LogP contribution >= 0.6 is 0 Å². The number of quaternary nitrogens is 1. The lowest BCUT2D eigenvalue weighted by molar-refractivity contribution is -0.905. The van der Waals surface area contributed by atoms with Crippen LogP contribution in [0, 0.1) is 5.92 Å². The van der Waals surface area contributed by atoms with Crippen molar-refractivity contribution >= 4 is 5.97 Å². The minimum absolute atomic E-state index is 0.0459. The molecule has 2 aromatic carbocycles. The lowest BCUT2D eigenvalue weighted by atomic mass is 10.0. The third kappa shape index (κ3) is 10.3. The Morgan fingerprint density at radius 1 is 0.906 bits per heavy atom. The van der Waals surface area contributed by atoms with Gasteiger partial charge in [0, 0.05) is 5.56 Å². The predicted octanol–water partition coefficient (Wildman–Crippen LogP) is 6.38. The molecule has 32 heavy (non-hydrogen) atoms. The molecule has 0 bridgehead atoms. The van der Waals surface area contributed by atoms with E-state index in [2.05, 4.69) is 45.3 Å². The SMILES string of the molecule is CCCCCCCCc1cccc(OCOC(=O)C(C)C[N+](C)(C)Cc2ccccc2)c1. The van der Waals surface area contributed by atoms with E-state index in [9.17, 15) is 4.79 Å². The van der Waals surface area contributed by atoms with Crippen LogP contribution in [0.3, 0.4) is 0 Å². The van der Waals surface area contributed by atoms with Gasteiger partial charge in [-0.05, 0) is 37.5 Å². The summed E-state index contributed by atoms with van der Waals surface area (Å²) in [6.45, 7) is 5.71. The predicted molar refractivity (Wildman–Crippen MR) is 131 cm³/mol. The Kier molecular flexibility index (Phi) is 11.3. The van der Waals surface area contributed by atoms with Crippen molar-refractivity contribution in [1.29, 1.82) is 0 Å². The molecule has 0 radical (unpaired) electrons. The van der Waals surface area contributed by atoms with Crippen LogP contribution in [0.2, 0.25) is 0 Å². The molecule has 0 aliphatic carbocycles. The van der Waals surface area contributed by atoms with Crippen LogP contribution < -0.4 is 4.74 Å². The molecular formula is C28H42NO3+. The first-order valence-electron chi connectivity index (χ1n) is 12.1. The zero-order valence-corrected chi connectivity index (χ0v) is 20.5. The summed E-state index contributed by atoms with van der Waals surface area (Å²) >= 11 is 0. The maximum Gasteiger partial charge on any atom is 0.317 e. The highest BCUT2D eigenvalue weighted by molar-refractivity contribution is 5.72. The number of hydrogen-bond donors (Lipinski definition) is 0. The summed E-state index contributed by atoms with van der Waals surface area (Å²) in [6, 6.07) is 18.5. The van der Waals surface area contributed by atoms with E-state index in [0.717, 1.165) is 23.2 Å². The molecular weight excluding hydrogens is 398 g/mol. The van der Waals surface area contributed by atoms with Crippen molar-refractivity contribution in [2.24, 2.45) is 5.92 Å². The lowest BCUT2D eigenvalue weighted by Crippen LogP contribution is -2.44. The van der Waals surface area contributed by atoms with Gasteiger partial charge in [-0.15, -0.1) is 0 Å². The fraction of sp³-hybridized carbons (Fsp3) is 0.536. The van der Waals surface area contributed by atoms with E-state index >= 15 is 0 Å². The van der Waals surface area contributed by atoms with Gasteiger partial charge in [-0.1, -0.05) is 81.5 Å². The van der Waals surface area contributed by atoms with Crippen LogP contribution in [0.25, 0.3) is 0 Å². The molecule has 4 heteroatoms. The normalized spacial score (nSPS) is 12.4. The second kappa shape index (κ2) is 13.9. The quantitative estimate of drug-likeness (QED) is 0.139. The van der Waals surface area contributed by atoms with E-state index in [4.69, 9.17) is 9.47 Å². The highest BCUT2D eigenvalue weighted by atomic mass is 16.7. The van der Waals surface area contributed by atoms with Gasteiger partial charge in [0.15, 0.2) is 0 Å². The van der Waals surface area contributed by atoms with Gasteiger partial charge in [-0.2, -0.15) is 0 Å². The molecule has 0 amide bonds. The molecule has 1 unspecified atom stereocenters. The van der Waals surface area contributed by atoms with Gasteiger partial charge in [-0.25, -0.2) is 0 Å². The molecule has 176 valence electrons. The molecule has 0 aliphatic rings. The number of hydrogen-bond acceptors (Lipinski definition) is 3. The van der Waals surface area contributed by atoms with Crippen molar-refractivity contribution in [1.82, 2.24) is 0 Å². The Bertz CT molecular complexity index is 788. The first kappa shape index (κ1) is 25.9. The highest BCUT2D eigenvalue weighted by Gasteiger charge is 2.25. The van der Waals surface area contributed by atoms with E-state index in [1.165, 1.54) is 49.7 Å². The Morgan fingerprint density at radius 3 is 2.34 bits per heavy atom. The molecule has 0 aliphatic heterocycles. The number of aryl methyl sites for hydroxylation is 1. The summed E-state index contributed by atoms with van der Waals surface area (Å²) in [7, 11) is 4.28. The Labute approximate surface area is 195 Å². The number of benzene rings is 2. The smallest absolute Gasteiger partial charge is 0.317 e. The summed E-state index contributed by atoms with van der Waals surface area (Å²) in [5, 5.41) is 0. The molecule has 0 spiro atoms. The Balaban J connectivity index is 1.70. The Morgan fingerprint density at radius 2 is 1.59 bits per heavy atom. The third-order valence-electron chi connectivity index (χ3n) is 5.77. The van der Waals surface area contributed by atoms with Crippen molar-refractivity contribution in [3.8, 4) is 5.75 Å². The number of rotatable bonds is 15. The molecule has 4 nitrogen and oxygen atoms in total. The summed E-state index contributed by atoms with van der Waals surface area (Å²) < 4.78 is 11.8. The summed E-state index contributed by atoms with van der Waals surface area (Å²) in [5.74, 6) is 0.345. The van der Waals surface area contributed by atoms with E-state index in [1.807, 2.05) is 37.3 Å². The molecule has 0 saturated carbocycles. The van der Waals surface area contributed by atoms with Crippen LogP contribution in [0.5, 0.6) is 5.75 Å². The van der Waals surface area contributed by atoms with Crippen molar-refractivity contribution in [2.45, 2.75) is 65.3 Å². The lowest BCUT2D eigenvalue weighted by Gasteiger charge is -2.31. The molecule has 1 atom stereocenters. The van der Waals surface area contributed by atoms with Gasteiger partial charge in [0.05, 0.1) is 20.6 Å². The van der Waals surface area contributed by atoms with Crippen LogP contribution in [-0.4, -0.2) is 37.9 Å². The van der Waals surface area contributed by atoms with E-state index in [-0.39, 0.29) is 18.7 Å². The average Bonchev–Trinajstić information content (AvgIpc) is 2.76. The molecule has 0 heterocycles. The number of nitrogens with zero attached hydrogens (tertiary/aromatic N) is 1. The molecule has 2 rings (SSSR count). The van der Waals surface area contributed by atoms with E-state index in [1.54, 1.807) is 0 Å². The standard InChI is InChI=1S/C28H42NO3/c1-5-6-7-8-9-11-15-25-18-14-19-27(20-25)31-23-32-28(30)24(2)21-29(3,4)22-26-16-12-10-13-17-26/h10,12-14,16-20,24H,5-9,11,15,21-23H2,1-4H3/q+1. The molecule has 2 aromatic rings. The molecule has 0 aromatic heterocycles. The van der Waals surface area contributed by atoms with Gasteiger partial charge in [-0.3, -0.25) is 4.79 Å². The van der Waals surface area contributed by atoms with Crippen molar-refractivity contribution < 1.29 is 18.8 Å². The Hall–Kier alpha value is -2.33. The minimum atomic E-state index is -0.215. The molecule has 0 N–H and O–H groups in total. The van der Waals surface area contributed by atoms with Gasteiger partial charge in [0.1, 0.15) is 18.2 Å². The van der Waals surface area contributed by atoms with Crippen LogP contribution in [0.4, 0.5) is 0 Å². The maximum absolute atomic E-state index is 12.5. The van der Waals surface area contributed by atoms with Crippen LogP contribution in [0.15, 0.2) is 54.6 Å². The zero-order valence-electron chi connectivity index (χ0n) is 20.5. The first-order chi connectivity index (χ1) is 15.4. The van der Waals surface area contributed by atoms with E-state index in [0.29, 0.717) is 6.54 Å². The van der Waals surface area contributed by atoms with Gasteiger partial charge in [0.2, 0.25) is 6.79 Å². The summed E-state index contributed by atoms with van der Waals surface area (Å²) in [6.07, 6.45) is 8.83. The minimum Gasteiger partial charge on any atom is -0.457 e. The average molecular weight is 441 g/mol. The van der Waals surface area contributed by atoms with E-state index < -0.39 is 0 Å². The molecule has 0 saturated heterocycles. The number of carbonyl (C=O) groups excluding carboxylic acids is 1. The third-order valence-corrected chi connectivity index (χ3v) is 5.77. The number of esters is 1. The largest absolute Gasteiger partial charge is 0.457 e. The number of ether oxygens (including phenoxy) is 2. The second-order valence-corrected chi connectivity index (χ2v) is 9.55. The monoisotopic (exact) mass is 440 g/mol. The first-order valence-corrected chi connectivity index (χ1v) is 12.1. The highest BCUT2D eigenvalue weighted by Crippen LogP contribution is 2.17. The van der Waals surface area contributed by atoms with Crippen LogP contribution in [-0.2, 0) is 22.5 Å². The summed E-state index contributed by atoms with van der Waals surface area (Å²) in [4.78, 5) is 12.5. The maximum atomic E-state index is 12.5. The summed E-state index contributed by atoms with van der Waals surface area (Å²) in [5.41, 5.74) is 2.54. The molecule has 0 fully saturated rings. The zero-order chi connectivity index (χ0) is 23.2. The van der Waals surface area contributed by atoms with Gasteiger partial charge >= 0.3 is 5.97 Å². The van der Waals surface area contributed by atoms with Crippen LogP contribution in [0.1, 0.15) is 63.5 Å². The fourth-order valence-electron chi connectivity index (χ4n) is 4.16. The van der Waals surface area contributed by atoms with Crippen molar-refractivity contribution in [3.05, 3.63) is 65.7 Å².